The van der Waals surface area contributed by atoms with Crippen molar-refractivity contribution in [3.63, 3.8) is 0 Å². The van der Waals surface area contributed by atoms with E-state index in [9.17, 15) is 9.59 Å². The van der Waals surface area contributed by atoms with Crippen LogP contribution in [-0.4, -0.2) is 25.0 Å². The second kappa shape index (κ2) is 7.25. The van der Waals surface area contributed by atoms with Crippen LogP contribution in [0.1, 0.15) is 0 Å². The molecule has 2 aromatic rings. The lowest BCUT2D eigenvalue weighted by molar-refractivity contribution is -0.123. The van der Waals surface area contributed by atoms with Gasteiger partial charge in [-0.05, 0) is 12.1 Å². The largest absolute Gasteiger partial charge is 0.483 e. The summed E-state index contributed by atoms with van der Waals surface area (Å²) in [6.45, 7) is -0.396. The Morgan fingerprint density at radius 1 is 0.818 bits per heavy atom. The average molecular weight is 304 g/mol. The fourth-order valence-electron chi connectivity index (χ4n) is 1.87. The average Bonchev–Trinajstić information content (AvgIpc) is 2.57. The minimum Gasteiger partial charge on any atom is -0.483 e. The molecule has 2 rings (SSSR count). The van der Waals surface area contributed by atoms with Gasteiger partial charge in [0.05, 0.1) is 0 Å². The Kier molecular flexibility index (Phi) is 5.12. The summed E-state index contributed by atoms with van der Waals surface area (Å²) in [6.07, 6.45) is 0. The van der Waals surface area contributed by atoms with Gasteiger partial charge < -0.3 is 9.47 Å². The summed E-state index contributed by atoms with van der Waals surface area (Å²) in [5, 5.41) is 1.50. The van der Waals surface area contributed by atoms with E-state index in [1.807, 2.05) is 23.0 Å². The first-order valence-corrected chi connectivity index (χ1v) is 6.42. The Balaban J connectivity index is 2.25. The lowest BCUT2D eigenvalue weighted by Gasteiger charge is -2.12. The van der Waals surface area contributed by atoms with Crippen molar-refractivity contribution < 1.29 is 19.1 Å². The molecular weight excluding hydrogens is 288 g/mol. The molecule has 0 unspecified atom stereocenters. The van der Waals surface area contributed by atoms with Gasteiger partial charge in [0.15, 0.2) is 13.2 Å². The predicted octanol–water partition coefficient (Wildman–Crippen LogP) is -0.423. The van der Waals surface area contributed by atoms with Gasteiger partial charge in [0.1, 0.15) is 11.5 Å². The topological polar surface area (TPSA) is 129 Å². The molecule has 0 aliphatic carbocycles. The van der Waals surface area contributed by atoms with Gasteiger partial charge in [0.25, 0.3) is 11.8 Å². The summed E-state index contributed by atoms with van der Waals surface area (Å²) in [6, 6.07) is 10.6. The number of benzene rings is 2. The zero-order valence-electron chi connectivity index (χ0n) is 11.7. The van der Waals surface area contributed by atoms with Gasteiger partial charge in [0, 0.05) is 10.8 Å². The van der Waals surface area contributed by atoms with Crippen LogP contribution in [0.4, 0.5) is 0 Å². The second-order valence-electron chi connectivity index (χ2n) is 4.32. The molecule has 0 aliphatic rings. The maximum Gasteiger partial charge on any atom is 0.271 e. The lowest BCUT2D eigenvalue weighted by Crippen LogP contribution is -2.34. The fourth-order valence-corrected chi connectivity index (χ4v) is 1.87. The number of amides is 2. The molecule has 0 atom stereocenters. The smallest absolute Gasteiger partial charge is 0.271 e. The number of carbonyl (C=O) groups is 2. The van der Waals surface area contributed by atoms with E-state index in [1.165, 1.54) is 0 Å². The number of hydrazine groups is 2. The van der Waals surface area contributed by atoms with E-state index in [2.05, 4.69) is 0 Å². The molecule has 116 valence electrons. The molecule has 0 saturated heterocycles. The van der Waals surface area contributed by atoms with Gasteiger partial charge in [-0.25, -0.2) is 11.7 Å². The van der Waals surface area contributed by atoms with Crippen LogP contribution in [0.15, 0.2) is 36.4 Å². The van der Waals surface area contributed by atoms with Crippen LogP contribution in [0.25, 0.3) is 10.8 Å². The predicted molar refractivity (Wildman–Crippen MR) is 79.6 cm³/mol. The van der Waals surface area contributed by atoms with Gasteiger partial charge in [0.2, 0.25) is 0 Å². The zero-order chi connectivity index (χ0) is 15.9. The molecule has 0 aromatic heterocycles. The van der Waals surface area contributed by atoms with E-state index in [0.29, 0.717) is 11.5 Å². The van der Waals surface area contributed by atoms with Crippen LogP contribution in [0.5, 0.6) is 11.5 Å². The highest BCUT2D eigenvalue weighted by Gasteiger charge is 2.09. The molecule has 0 spiro atoms. The Bertz CT molecular complexity index is 630. The molecule has 2 amide bonds. The normalized spacial score (nSPS) is 10.1. The van der Waals surface area contributed by atoms with Crippen molar-refractivity contribution in [2.45, 2.75) is 0 Å². The van der Waals surface area contributed by atoms with Crippen molar-refractivity contribution in [3.8, 4) is 11.5 Å². The summed E-state index contributed by atoms with van der Waals surface area (Å²) in [5.74, 6) is 10.1. The number of fused-ring (bicyclic) bond motifs is 1. The highest BCUT2D eigenvalue weighted by atomic mass is 16.5. The van der Waals surface area contributed by atoms with Crippen LogP contribution in [0.2, 0.25) is 0 Å². The third kappa shape index (κ3) is 3.62. The first kappa shape index (κ1) is 15.5. The van der Waals surface area contributed by atoms with E-state index < -0.39 is 11.8 Å². The Hall–Kier alpha value is -2.84. The van der Waals surface area contributed by atoms with Crippen LogP contribution >= 0.6 is 0 Å². The first-order chi connectivity index (χ1) is 10.7. The molecule has 0 heterocycles. The van der Waals surface area contributed by atoms with Crippen molar-refractivity contribution >= 4 is 22.6 Å². The molecule has 0 saturated carbocycles. The molecule has 22 heavy (non-hydrogen) atoms. The van der Waals surface area contributed by atoms with Crippen molar-refractivity contribution in [2.75, 3.05) is 13.2 Å². The Morgan fingerprint density at radius 2 is 1.23 bits per heavy atom. The molecule has 0 aliphatic heterocycles. The fraction of sp³-hybridized carbons (Fsp3) is 0.143. The number of carbonyl (C=O) groups excluding carboxylic acids is 2. The lowest BCUT2D eigenvalue weighted by atomic mass is 10.1. The number of hydrogen-bond donors (Lipinski definition) is 4. The monoisotopic (exact) mass is 304 g/mol. The summed E-state index contributed by atoms with van der Waals surface area (Å²) in [4.78, 5) is 22.3. The quantitative estimate of drug-likeness (QED) is 0.326. The number of nitrogens with two attached hydrogens (primary N) is 2. The van der Waals surface area contributed by atoms with E-state index in [1.54, 1.807) is 24.3 Å². The van der Waals surface area contributed by atoms with Crippen LogP contribution in [0, 0.1) is 0 Å². The summed E-state index contributed by atoms with van der Waals surface area (Å²) >= 11 is 0. The van der Waals surface area contributed by atoms with Crippen molar-refractivity contribution in [2.24, 2.45) is 11.7 Å². The minimum atomic E-state index is -0.441. The second-order valence-corrected chi connectivity index (χ2v) is 4.32. The highest BCUT2D eigenvalue weighted by molar-refractivity contribution is 5.93. The molecule has 8 nitrogen and oxygen atoms in total. The van der Waals surface area contributed by atoms with Gasteiger partial charge in [-0.3, -0.25) is 20.4 Å². The highest BCUT2D eigenvalue weighted by Crippen LogP contribution is 2.32. The van der Waals surface area contributed by atoms with Gasteiger partial charge in [-0.15, -0.1) is 0 Å². The van der Waals surface area contributed by atoms with Gasteiger partial charge in [-0.2, -0.15) is 0 Å². The SMILES string of the molecule is NNC(=O)COc1cccc2c(OCC(=O)NN)cccc12. The van der Waals surface area contributed by atoms with Crippen LogP contribution in [0.3, 0.4) is 0 Å². The Labute approximate surface area is 126 Å². The van der Waals surface area contributed by atoms with E-state index in [4.69, 9.17) is 21.2 Å². The maximum atomic E-state index is 11.2. The van der Waals surface area contributed by atoms with E-state index in [0.717, 1.165) is 10.8 Å². The summed E-state index contributed by atoms with van der Waals surface area (Å²) < 4.78 is 10.9. The van der Waals surface area contributed by atoms with E-state index >= 15 is 0 Å². The molecule has 0 bridgehead atoms. The summed E-state index contributed by atoms with van der Waals surface area (Å²) in [5.41, 5.74) is 3.98. The third-order valence-corrected chi connectivity index (χ3v) is 2.88. The maximum absolute atomic E-state index is 11.2. The minimum absolute atomic E-state index is 0.198. The number of hydrogen-bond acceptors (Lipinski definition) is 6. The first-order valence-electron chi connectivity index (χ1n) is 6.42. The van der Waals surface area contributed by atoms with Gasteiger partial charge in [-0.1, -0.05) is 24.3 Å². The molecule has 0 fully saturated rings. The molecule has 8 heteroatoms. The number of rotatable bonds is 6. The molecule has 0 radical (unpaired) electrons. The molecular formula is C14H16N4O4. The van der Waals surface area contributed by atoms with Crippen molar-refractivity contribution in [3.05, 3.63) is 36.4 Å². The van der Waals surface area contributed by atoms with E-state index in [-0.39, 0.29) is 13.2 Å². The summed E-state index contributed by atoms with van der Waals surface area (Å²) in [7, 11) is 0. The van der Waals surface area contributed by atoms with Crippen molar-refractivity contribution in [1.29, 1.82) is 0 Å². The molecule has 2 aromatic carbocycles. The third-order valence-electron chi connectivity index (χ3n) is 2.88. The van der Waals surface area contributed by atoms with Crippen LogP contribution < -0.4 is 32.0 Å². The number of nitrogens with one attached hydrogen (secondary N) is 2. The number of ether oxygens (including phenoxy) is 2. The standard InChI is InChI=1S/C14H16N4O4/c15-17-13(19)7-21-11-5-1-3-9-10(11)4-2-6-12(9)22-8-14(20)18-16/h1-6H,7-8,15-16H2,(H,17,19)(H,18,20). The van der Waals surface area contributed by atoms with Crippen molar-refractivity contribution in [1.82, 2.24) is 10.9 Å². The zero-order valence-corrected chi connectivity index (χ0v) is 11.7. The Morgan fingerprint density at radius 3 is 1.59 bits per heavy atom. The molecule has 6 N–H and O–H groups in total. The van der Waals surface area contributed by atoms with Crippen LogP contribution in [-0.2, 0) is 9.59 Å². The van der Waals surface area contributed by atoms with Gasteiger partial charge >= 0.3 is 0 Å².